The first kappa shape index (κ1) is 19.6. The highest BCUT2D eigenvalue weighted by atomic mass is 35.5. The molecule has 25 heavy (non-hydrogen) atoms. The molecule has 0 saturated heterocycles. The minimum Gasteiger partial charge on any atom is -0.492 e. The van der Waals surface area contributed by atoms with Crippen molar-refractivity contribution in [3.8, 4) is 5.75 Å². The van der Waals surface area contributed by atoms with Crippen molar-refractivity contribution in [2.75, 3.05) is 17.7 Å². The van der Waals surface area contributed by atoms with Crippen LogP contribution in [0.1, 0.15) is 12.5 Å². The summed E-state index contributed by atoms with van der Waals surface area (Å²) in [6.45, 7) is 2.24. The highest BCUT2D eigenvalue weighted by molar-refractivity contribution is 7.91. The van der Waals surface area contributed by atoms with Crippen LogP contribution in [0.4, 0.5) is 5.69 Å². The number of rotatable bonds is 7. The molecule has 5 nitrogen and oxygen atoms in total. The molecule has 1 N–H and O–H groups in total. The van der Waals surface area contributed by atoms with Crippen LogP contribution in [0.3, 0.4) is 0 Å². The van der Waals surface area contributed by atoms with Gasteiger partial charge in [-0.2, -0.15) is 0 Å². The molecule has 2 rings (SSSR count). The van der Waals surface area contributed by atoms with E-state index in [1.807, 2.05) is 6.92 Å². The minimum atomic E-state index is -3.75. The molecule has 0 bridgehead atoms. The Bertz CT molecular complexity index is 848. The summed E-state index contributed by atoms with van der Waals surface area (Å²) in [6.07, 6.45) is 0. The molecular formula is C17H17Cl2NO4S. The van der Waals surface area contributed by atoms with Gasteiger partial charge in [-0.05, 0) is 31.2 Å². The maximum atomic E-state index is 12.3. The fraction of sp³-hybridized carbons (Fsp3) is 0.235. The van der Waals surface area contributed by atoms with E-state index < -0.39 is 27.3 Å². The molecule has 0 aliphatic heterocycles. The number of sulfone groups is 1. The predicted molar refractivity (Wildman–Crippen MR) is 100 cm³/mol. The fourth-order valence-electron chi connectivity index (χ4n) is 2.18. The number of carbonyl (C=O) groups excluding carboxylic acids is 1. The van der Waals surface area contributed by atoms with Crippen LogP contribution >= 0.6 is 23.2 Å². The largest absolute Gasteiger partial charge is 0.492 e. The van der Waals surface area contributed by atoms with E-state index in [0.29, 0.717) is 18.0 Å². The van der Waals surface area contributed by atoms with Gasteiger partial charge >= 0.3 is 0 Å². The van der Waals surface area contributed by atoms with Gasteiger partial charge in [0.2, 0.25) is 5.91 Å². The summed E-state index contributed by atoms with van der Waals surface area (Å²) in [7, 11) is -3.75. The molecule has 2 aromatic carbocycles. The Labute approximate surface area is 156 Å². The number of hydrogen-bond donors (Lipinski definition) is 1. The van der Waals surface area contributed by atoms with E-state index in [0.717, 1.165) is 0 Å². The van der Waals surface area contributed by atoms with Crippen LogP contribution in [0.2, 0.25) is 10.0 Å². The molecule has 0 aliphatic carbocycles. The zero-order valence-electron chi connectivity index (χ0n) is 13.5. The van der Waals surface area contributed by atoms with Crippen LogP contribution < -0.4 is 10.1 Å². The Balaban J connectivity index is 2.09. The Kier molecular flexibility index (Phi) is 6.70. The number of hydrogen-bond acceptors (Lipinski definition) is 4. The first-order chi connectivity index (χ1) is 11.8. The van der Waals surface area contributed by atoms with Crippen molar-refractivity contribution in [1.82, 2.24) is 0 Å². The first-order valence-corrected chi connectivity index (χ1v) is 10.0. The summed E-state index contributed by atoms with van der Waals surface area (Å²) in [5.41, 5.74) is 0.702. The molecular weight excluding hydrogens is 385 g/mol. The monoisotopic (exact) mass is 401 g/mol. The van der Waals surface area contributed by atoms with Crippen LogP contribution in [-0.2, 0) is 20.4 Å². The average molecular weight is 402 g/mol. The summed E-state index contributed by atoms with van der Waals surface area (Å²) in [6, 6.07) is 11.5. The summed E-state index contributed by atoms with van der Waals surface area (Å²) in [5, 5.41) is 3.05. The molecule has 0 saturated carbocycles. The molecule has 0 aromatic heterocycles. The van der Waals surface area contributed by atoms with E-state index >= 15 is 0 Å². The van der Waals surface area contributed by atoms with Crippen molar-refractivity contribution in [2.45, 2.75) is 12.7 Å². The summed E-state index contributed by atoms with van der Waals surface area (Å²) < 4.78 is 30.0. The number of ether oxygens (including phenoxy) is 1. The molecule has 1 amide bonds. The average Bonchev–Trinajstić information content (AvgIpc) is 2.53. The highest BCUT2D eigenvalue weighted by Crippen LogP contribution is 2.27. The highest BCUT2D eigenvalue weighted by Gasteiger charge is 2.21. The van der Waals surface area contributed by atoms with E-state index in [9.17, 15) is 13.2 Å². The molecule has 134 valence electrons. The van der Waals surface area contributed by atoms with Crippen molar-refractivity contribution in [3.05, 3.63) is 58.1 Å². The molecule has 0 atom stereocenters. The smallest absolute Gasteiger partial charge is 0.239 e. The zero-order valence-corrected chi connectivity index (χ0v) is 15.8. The lowest BCUT2D eigenvalue weighted by Crippen LogP contribution is -2.24. The van der Waals surface area contributed by atoms with Gasteiger partial charge in [0, 0.05) is 15.6 Å². The second kappa shape index (κ2) is 8.56. The zero-order chi connectivity index (χ0) is 18.4. The number of amides is 1. The Morgan fingerprint density at radius 2 is 1.72 bits per heavy atom. The summed E-state index contributed by atoms with van der Waals surface area (Å²) in [4.78, 5) is 12.1. The van der Waals surface area contributed by atoms with Crippen molar-refractivity contribution >= 4 is 44.6 Å². The van der Waals surface area contributed by atoms with Crippen molar-refractivity contribution in [1.29, 1.82) is 0 Å². The maximum Gasteiger partial charge on any atom is 0.239 e. The number of nitrogens with one attached hydrogen (secondary N) is 1. The third-order valence-electron chi connectivity index (χ3n) is 3.24. The van der Waals surface area contributed by atoms with Crippen LogP contribution in [0, 0.1) is 0 Å². The van der Waals surface area contributed by atoms with Crippen LogP contribution in [0.25, 0.3) is 0 Å². The molecule has 2 aromatic rings. The molecule has 0 spiro atoms. The van der Waals surface area contributed by atoms with Gasteiger partial charge in [0.05, 0.1) is 18.0 Å². The second-order valence-corrected chi connectivity index (χ2v) is 8.09. The Morgan fingerprint density at radius 3 is 2.36 bits per heavy atom. The fourth-order valence-corrected chi connectivity index (χ4v) is 4.19. The van der Waals surface area contributed by atoms with Gasteiger partial charge in [-0.25, -0.2) is 8.42 Å². The number of para-hydroxylation sites is 2. The van der Waals surface area contributed by atoms with E-state index in [1.165, 1.54) is 0 Å². The van der Waals surface area contributed by atoms with Crippen LogP contribution in [0.15, 0.2) is 42.5 Å². The molecule has 0 unspecified atom stereocenters. The lowest BCUT2D eigenvalue weighted by atomic mass is 10.2. The normalized spacial score (nSPS) is 11.2. The number of halogens is 2. The molecule has 0 fully saturated rings. The Morgan fingerprint density at radius 1 is 1.08 bits per heavy atom. The summed E-state index contributed by atoms with van der Waals surface area (Å²) >= 11 is 12.0. The Hall–Kier alpha value is -1.76. The van der Waals surface area contributed by atoms with Gasteiger partial charge < -0.3 is 10.1 Å². The topological polar surface area (TPSA) is 72.5 Å². The first-order valence-electron chi connectivity index (χ1n) is 7.47. The lowest BCUT2D eigenvalue weighted by Gasteiger charge is -2.12. The van der Waals surface area contributed by atoms with Crippen molar-refractivity contribution in [3.63, 3.8) is 0 Å². The van der Waals surface area contributed by atoms with Gasteiger partial charge in [-0.1, -0.05) is 41.4 Å². The third kappa shape index (κ3) is 5.63. The van der Waals surface area contributed by atoms with Gasteiger partial charge in [0.25, 0.3) is 0 Å². The number of carbonyl (C=O) groups is 1. The third-order valence-corrected chi connectivity index (χ3v) is 5.38. The van der Waals surface area contributed by atoms with Gasteiger partial charge in [-0.3, -0.25) is 4.79 Å². The standard InChI is InChI=1S/C17H17Cl2NO4S/c1-2-24-16-9-4-3-8-15(16)20-17(21)11-25(22,23)10-12-13(18)6-5-7-14(12)19/h3-9H,2,10-11H2,1H3,(H,20,21). The van der Waals surface area contributed by atoms with Crippen molar-refractivity contribution in [2.24, 2.45) is 0 Å². The lowest BCUT2D eigenvalue weighted by molar-refractivity contribution is -0.113. The van der Waals surface area contributed by atoms with Gasteiger partial charge in [0.15, 0.2) is 9.84 Å². The van der Waals surface area contributed by atoms with Gasteiger partial charge in [0.1, 0.15) is 11.5 Å². The molecule has 0 heterocycles. The summed E-state index contributed by atoms with van der Waals surface area (Å²) in [5.74, 6) is -1.28. The number of anilines is 1. The molecule has 0 radical (unpaired) electrons. The quantitative estimate of drug-likeness (QED) is 0.762. The van der Waals surface area contributed by atoms with Gasteiger partial charge in [-0.15, -0.1) is 0 Å². The molecule has 8 heteroatoms. The van der Waals surface area contributed by atoms with Crippen LogP contribution in [0.5, 0.6) is 5.75 Å². The minimum absolute atomic E-state index is 0.248. The van der Waals surface area contributed by atoms with Crippen molar-refractivity contribution < 1.29 is 17.9 Å². The van der Waals surface area contributed by atoms with E-state index in [1.54, 1.807) is 42.5 Å². The van der Waals surface area contributed by atoms with E-state index in [2.05, 4.69) is 5.32 Å². The SMILES string of the molecule is CCOc1ccccc1NC(=O)CS(=O)(=O)Cc1c(Cl)cccc1Cl. The van der Waals surface area contributed by atoms with E-state index in [4.69, 9.17) is 27.9 Å². The molecule has 0 aliphatic rings. The number of benzene rings is 2. The van der Waals surface area contributed by atoms with E-state index in [-0.39, 0.29) is 15.6 Å². The predicted octanol–water partition coefficient (Wildman–Crippen LogP) is 3.95. The second-order valence-electron chi connectivity index (χ2n) is 5.21. The van der Waals surface area contributed by atoms with Crippen LogP contribution in [-0.4, -0.2) is 26.7 Å². The maximum absolute atomic E-state index is 12.3.